The molecule has 0 atom stereocenters. The molecule has 0 saturated heterocycles. The van der Waals surface area contributed by atoms with Gasteiger partial charge in [-0.1, -0.05) is 11.6 Å². The quantitative estimate of drug-likeness (QED) is 0.809. The third kappa shape index (κ3) is 3.17. The number of nitrogens with zero attached hydrogens (tertiary/aromatic N) is 3. The molecule has 0 saturated carbocycles. The van der Waals surface area contributed by atoms with Crippen LogP contribution in [0.5, 0.6) is 0 Å². The van der Waals surface area contributed by atoms with Gasteiger partial charge in [-0.15, -0.1) is 0 Å². The van der Waals surface area contributed by atoms with Crippen LogP contribution in [0.1, 0.15) is 5.69 Å². The minimum absolute atomic E-state index is 0.0670. The molecule has 0 radical (unpaired) electrons. The Labute approximate surface area is 124 Å². The Balaban J connectivity index is 1.74. The Morgan fingerprint density at radius 2 is 2.19 bits per heavy atom. The van der Waals surface area contributed by atoms with Gasteiger partial charge in [-0.25, -0.2) is 14.4 Å². The van der Waals surface area contributed by atoms with E-state index < -0.39 is 0 Å². The van der Waals surface area contributed by atoms with Crippen LogP contribution in [0.15, 0.2) is 42.9 Å². The van der Waals surface area contributed by atoms with Crippen molar-refractivity contribution < 1.29 is 9.18 Å². The number of fused-ring (bicyclic) bond motifs is 1. The van der Waals surface area contributed by atoms with Gasteiger partial charge in [0, 0.05) is 23.6 Å². The number of nitrogens with one attached hydrogen (secondary N) is 1. The summed E-state index contributed by atoms with van der Waals surface area (Å²) < 4.78 is 14.6. The molecule has 0 aliphatic rings. The summed E-state index contributed by atoms with van der Waals surface area (Å²) in [5.41, 5.74) is 1.13. The summed E-state index contributed by atoms with van der Waals surface area (Å²) in [5.74, 6) is -0.255. The van der Waals surface area contributed by atoms with Crippen LogP contribution in [0.2, 0.25) is 5.02 Å². The lowest BCUT2D eigenvalue weighted by molar-refractivity contribution is -0.115. The number of aromatic nitrogens is 3. The molecule has 1 N–H and O–H groups in total. The minimum Gasteiger partial charge on any atom is -0.310 e. The SMILES string of the molecule is O=C(Cc1cn2cc(F)ccc2n1)Nc1cc(Cl)ccn1. The maximum absolute atomic E-state index is 13.1. The van der Waals surface area contributed by atoms with Gasteiger partial charge in [0.1, 0.15) is 17.3 Å². The molecule has 0 aromatic carbocycles. The summed E-state index contributed by atoms with van der Waals surface area (Å²) in [7, 11) is 0. The number of halogens is 2. The molecule has 21 heavy (non-hydrogen) atoms. The molecule has 3 aromatic rings. The van der Waals surface area contributed by atoms with Crippen molar-refractivity contribution in [3.8, 4) is 0 Å². The van der Waals surface area contributed by atoms with E-state index in [1.165, 1.54) is 22.9 Å². The number of carbonyl (C=O) groups is 1. The van der Waals surface area contributed by atoms with E-state index in [4.69, 9.17) is 11.6 Å². The Morgan fingerprint density at radius 1 is 1.33 bits per heavy atom. The number of pyridine rings is 2. The van der Waals surface area contributed by atoms with Crippen LogP contribution in [0, 0.1) is 5.82 Å². The maximum Gasteiger partial charge on any atom is 0.231 e. The summed E-state index contributed by atoms with van der Waals surface area (Å²) in [5, 5.41) is 3.12. The van der Waals surface area contributed by atoms with E-state index in [2.05, 4.69) is 15.3 Å². The van der Waals surface area contributed by atoms with Crippen LogP contribution in [-0.4, -0.2) is 20.3 Å². The first-order valence-electron chi connectivity index (χ1n) is 6.15. The van der Waals surface area contributed by atoms with Crippen molar-refractivity contribution >= 4 is 29.0 Å². The standard InChI is InChI=1S/C14H10ClFN4O/c15-9-3-4-17-12(5-9)19-14(21)6-11-8-20-7-10(16)1-2-13(20)18-11/h1-5,7-8H,6H2,(H,17,19,21). The average Bonchev–Trinajstić information content (AvgIpc) is 2.79. The second-order valence-electron chi connectivity index (χ2n) is 4.43. The highest BCUT2D eigenvalue weighted by atomic mass is 35.5. The first kappa shape index (κ1) is 13.5. The predicted molar refractivity (Wildman–Crippen MR) is 76.7 cm³/mol. The highest BCUT2D eigenvalue weighted by Crippen LogP contribution is 2.12. The molecule has 0 aliphatic carbocycles. The van der Waals surface area contributed by atoms with E-state index in [-0.39, 0.29) is 18.1 Å². The van der Waals surface area contributed by atoms with Crippen LogP contribution < -0.4 is 5.32 Å². The Kier molecular flexibility index (Phi) is 3.53. The molecule has 3 heterocycles. The molecule has 5 nitrogen and oxygen atoms in total. The topological polar surface area (TPSA) is 59.3 Å². The zero-order valence-electron chi connectivity index (χ0n) is 10.8. The molecule has 106 valence electrons. The second-order valence-corrected chi connectivity index (χ2v) is 4.87. The summed E-state index contributed by atoms with van der Waals surface area (Å²) in [6.07, 6.45) is 4.49. The highest BCUT2D eigenvalue weighted by Gasteiger charge is 2.09. The number of imidazole rings is 1. The smallest absolute Gasteiger partial charge is 0.231 e. The third-order valence-electron chi connectivity index (χ3n) is 2.80. The van der Waals surface area contributed by atoms with Crippen LogP contribution in [0.3, 0.4) is 0 Å². The van der Waals surface area contributed by atoms with Crippen LogP contribution in [0.25, 0.3) is 5.65 Å². The van der Waals surface area contributed by atoms with Crippen molar-refractivity contribution in [1.29, 1.82) is 0 Å². The number of rotatable bonds is 3. The Bertz CT molecular complexity index is 818. The summed E-state index contributed by atoms with van der Waals surface area (Å²) >= 11 is 5.81. The van der Waals surface area contributed by atoms with Gasteiger partial charge < -0.3 is 9.72 Å². The zero-order chi connectivity index (χ0) is 14.8. The molecular formula is C14H10ClFN4O. The minimum atomic E-state index is -0.362. The average molecular weight is 305 g/mol. The maximum atomic E-state index is 13.1. The van der Waals surface area contributed by atoms with Gasteiger partial charge in [0.25, 0.3) is 0 Å². The van der Waals surface area contributed by atoms with Crippen molar-refractivity contribution in [2.45, 2.75) is 6.42 Å². The largest absolute Gasteiger partial charge is 0.310 e. The van der Waals surface area contributed by atoms with E-state index in [9.17, 15) is 9.18 Å². The zero-order valence-corrected chi connectivity index (χ0v) is 11.5. The number of amides is 1. The Hall–Kier alpha value is -2.47. The highest BCUT2D eigenvalue weighted by molar-refractivity contribution is 6.30. The molecule has 0 fully saturated rings. The molecule has 0 unspecified atom stereocenters. The van der Waals surface area contributed by atoms with Crippen molar-refractivity contribution in [3.05, 3.63) is 59.4 Å². The van der Waals surface area contributed by atoms with Gasteiger partial charge in [-0.3, -0.25) is 4.79 Å². The number of hydrogen-bond acceptors (Lipinski definition) is 3. The summed E-state index contributed by atoms with van der Waals surface area (Å²) in [6, 6.07) is 6.05. The summed E-state index contributed by atoms with van der Waals surface area (Å²) in [6.45, 7) is 0. The lowest BCUT2D eigenvalue weighted by Gasteiger charge is -2.02. The first-order chi connectivity index (χ1) is 10.1. The fraction of sp³-hybridized carbons (Fsp3) is 0.0714. The van der Waals surface area contributed by atoms with Gasteiger partial charge in [0.05, 0.1) is 12.1 Å². The normalized spacial score (nSPS) is 10.8. The lowest BCUT2D eigenvalue weighted by atomic mass is 10.3. The lowest BCUT2D eigenvalue weighted by Crippen LogP contribution is -2.15. The van der Waals surface area contributed by atoms with Crippen LogP contribution >= 0.6 is 11.6 Å². The van der Waals surface area contributed by atoms with Crippen molar-refractivity contribution in [3.63, 3.8) is 0 Å². The third-order valence-corrected chi connectivity index (χ3v) is 3.03. The van der Waals surface area contributed by atoms with E-state index in [0.29, 0.717) is 22.2 Å². The van der Waals surface area contributed by atoms with Gasteiger partial charge in [-0.05, 0) is 24.3 Å². The van der Waals surface area contributed by atoms with Gasteiger partial charge in [-0.2, -0.15) is 0 Å². The second kappa shape index (κ2) is 5.49. The van der Waals surface area contributed by atoms with Crippen molar-refractivity contribution in [1.82, 2.24) is 14.4 Å². The molecule has 3 aromatic heterocycles. The molecule has 0 spiro atoms. The fourth-order valence-electron chi connectivity index (χ4n) is 1.93. The van der Waals surface area contributed by atoms with Gasteiger partial charge >= 0.3 is 0 Å². The van der Waals surface area contributed by atoms with Crippen LogP contribution in [0.4, 0.5) is 10.2 Å². The first-order valence-corrected chi connectivity index (χ1v) is 6.52. The van der Waals surface area contributed by atoms with Crippen LogP contribution in [-0.2, 0) is 11.2 Å². The van der Waals surface area contributed by atoms with E-state index >= 15 is 0 Å². The summed E-state index contributed by atoms with van der Waals surface area (Å²) in [4.78, 5) is 20.1. The molecule has 7 heteroatoms. The number of carbonyl (C=O) groups excluding carboxylic acids is 1. The van der Waals surface area contributed by atoms with E-state index in [1.807, 2.05) is 0 Å². The van der Waals surface area contributed by atoms with Crippen molar-refractivity contribution in [2.75, 3.05) is 5.32 Å². The fourth-order valence-corrected chi connectivity index (χ4v) is 2.09. The van der Waals surface area contributed by atoms with Gasteiger partial charge in [0.15, 0.2) is 0 Å². The Morgan fingerprint density at radius 3 is 3.00 bits per heavy atom. The molecular weight excluding hydrogens is 295 g/mol. The van der Waals surface area contributed by atoms with E-state index in [1.54, 1.807) is 24.4 Å². The van der Waals surface area contributed by atoms with Gasteiger partial charge in [0.2, 0.25) is 5.91 Å². The number of hydrogen-bond donors (Lipinski definition) is 1. The number of anilines is 1. The monoisotopic (exact) mass is 304 g/mol. The van der Waals surface area contributed by atoms with E-state index in [0.717, 1.165) is 0 Å². The molecule has 0 bridgehead atoms. The van der Waals surface area contributed by atoms with Crippen molar-refractivity contribution in [2.24, 2.45) is 0 Å². The molecule has 1 amide bonds. The molecule has 3 rings (SSSR count). The molecule has 0 aliphatic heterocycles. The predicted octanol–water partition coefficient (Wildman–Crippen LogP) is 2.70.